The molecular weight excluding hydrogens is 423 g/mol. The minimum Gasteiger partial charge on any atom is -0.476 e. The minimum absolute atomic E-state index is 0.169. The van der Waals surface area contributed by atoms with Gasteiger partial charge in [-0.15, -0.1) is 0 Å². The second-order valence-electron chi connectivity index (χ2n) is 8.58. The Balaban J connectivity index is 2.04. The van der Waals surface area contributed by atoms with Crippen LogP contribution in [0.1, 0.15) is 57.0 Å². The smallest absolute Gasteiger partial charge is 0.271 e. The summed E-state index contributed by atoms with van der Waals surface area (Å²) < 4.78 is 5.93. The Morgan fingerprint density at radius 3 is 2.40 bits per heavy atom. The summed E-state index contributed by atoms with van der Waals surface area (Å²) in [5, 5.41) is 3.96. The molecule has 0 saturated heterocycles. The highest BCUT2D eigenvalue weighted by Gasteiger charge is 2.41. The highest BCUT2D eigenvalue weighted by molar-refractivity contribution is 6.36. The first-order valence-electron chi connectivity index (χ1n) is 9.85. The molecule has 3 rings (SSSR count). The van der Waals surface area contributed by atoms with Crippen molar-refractivity contribution in [3.05, 3.63) is 57.6 Å². The van der Waals surface area contributed by atoms with Crippen LogP contribution in [0.5, 0.6) is 5.75 Å². The molecule has 0 fully saturated rings. The van der Waals surface area contributed by atoms with Gasteiger partial charge in [-0.05, 0) is 64.4 Å². The summed E-state index contributed by atoms with van der Waals surface area (Å²) in [6.07, 6.45) is 0.788. The van der Waals surface area contributed by atoms with E-state index in [1.165, 1.54) is 0 Å². The highest BCUT2D eigenvalue weighted by atomic mass is 35.5. The van der Waals surface area contributed by atoms with Crippen molar-refractivity contribution in [1.82, 2.24) is 5.32 Å². The van der Waals surface area contributed by atoms with E-state index in [0.717, 1.165) is 6.42 Å². The molecule has 0 spiro atoms. The van der Waals surface area contributed by atoms with E-state index in [2.05, 4.69) is 5.32 Å². The van der Waals surface area contributed by atoms with E-state index < -0.39 is 5.60 Å². The molecule has 1 aliphatic heterocycles. The molecule has 0 aliphatic carbocycles. The lowest BCUT2D eigenvalue weighted by Crippen LogP contribution is -2.52. The third-order valence-electron chi connectivity index (χ3n) is 5.35. The highest BCUT2D eigenvalue weighted by Crippen LogP contribution is 2.40. The zero-order valence-corrected chi connectivity index (χ0v) is 19.3. The maximum absolute atomic E-state index is 13.2. The van der Waals surface area contributed by atoms with Gasteiger partial charge in [-0.2, -0.15) is 0 Å². The number of halogens is 2. The Morgan fingerprint density at radius 2 is 1.80 bits per heavy atom. The lowest BCUT2D eigenvalue weighted by Gasteiger charge is -2.39. The van der Waals surface area contributed by atoms with Crippen LogP contribution in [0, 0.1) is 0 Å². The van der Waals surface area contributed by atoms with Crippen molar-refractivity contribution in [3.8, 4) is 5.75 Å². The number of rotatable bonds is 5. The summed E-state index contributed by atoms with van der Waals surface area (Å²) in [5.74, 6) is 0.0733. The summed E-state index contributed by atoms with van der Waals surface area (Å²) in [7, 11) is 0. The summed E-state index contributed by atoms with van der Waals surface area (Å²) >= 11 is 12.7. The number of carbonyl (C=O) groups is 2. The largest absolute Gasteiger partial charge is 0.476 e. The Bertz CT molecular complexity index is 982. The predicted octanol–water partition coefficient (Wildman–Crippen LogP) is 5.62. The number of nitrogens with one attached hydrogen (secondary N) is 1. The van der Waals surface area contributed by atoms with E-state index >= 15 is 0 Å². The maximum atomic E-state index is 13.2. The van der Waals surface area contributed by atoms with Crippen LogP contribution >= 0.6 is 23.2 Å². The molecule has 0 unspecified atom stereocenters. The van der Waals surface area contributed by atoms with E-state index in [1.807, 2.05) is 20.8 Å². The molecule has 1 N–H and O–H groups in total. The fourth-order valence-corrected chi connectivity index (χ4v) is 3.69. The quantitative estimate of drug-likeness (QED) is 0.645. The Labute approximate surface area is 187 Å². The molecule has 1 heterocycles. The molecule has 0 radical (unpaired) electrons. The van der Waals surface area contributed by atoms with Crippen molar-refractivity contribution in [2.75, 3.05) is 4.90 Å². The van der Waals surface area contributed by atoms with E-state index in [9.17, 15) is 9.59 Å². The van der Waals surface area contributed by atoms with Gasteiger partial charge in [0, 0.05) is 26.7 Å². The first kappa shape index (κ1) is 22.4. The van der Waals surface area contributed by atoms with E-state index in [-0.39, 0.29) is 23.9 Å². The molecule has 2 aromatic rings. The van der Waals surface area contributed by atoms with Crippen molar-refractivity contribution >= 4 is 40.7 Å². The van der Waals surface area contributed by atoms with Crippen LogP contribution in [-0.2, 0) is 11.3 Å². The molecule has 0 aromatic heterocycles. The van der Waals surface area contributed by atoms with Crippen LogP contribution in [0.3, 0.4) is 0 Å². The van der Waals surface area contributed by atoms with Gasteiger partial charge in [-0.3, -0.25) is 9.59 Å². The summed E-state index contributed by atoms with van der Waals surface area (Å²) in [4.78, 5) is 27.6. The molecule has 0 saturated carbocycles. The minimum atomic E-state index is -1.06. The van der Waals surface area contributed by atoms with Crippen LogP contribution in [0.2, 0.25) is 10.0 Å². The van der Waals surface area contributed by atoms with Gasteiger partial charge in [0.1, 0.15) is 5.75 Å². The van der Waals surface area contributed by atoms with Gasteiger partial charge >= 0.3 is 0 Å². The van der Waals surface area contributed by atoms with Crippen molar-refractivity contribution in [2.45, 2.75) is 58.7 Å². The van der Waals surface area contributed by atoms with Gasteiger partial charge in [0.25, 0.3) is 11.8 Å². The first-order chi connectivity index (χ1) is 13.9. The maximum Gasteiger partial charge on any atom is 0.271 e. The van der Waals surface area contributed by atoms with Crippen LogP contribution in [0.25, 0.3) is 0 Å². The number of amides is 2. The lowest BCUT2D eigenvalue weighted by molar-refractivity contribution is -0.132. The van der Waals surface area contributed by atoms with Crippen molar-refractivity contribution < 1.29 is 14.3 Å². The molecule has 2 amide bonds. The van der Waals surface area contributed by atoms with Gasteiger partial charge in [-0.1, -0.05) is 36.2 Å². The zero-order valence-electron chi connectivity index (χ0n) is 17.8. The molecule has 160 valence electrons. The van der Waals surface area contributed by atoms with Gasteiger partial charge in [0.05, 0.1) is 12.2 Å². The second kappa shape index (κ2) is 8.12. The molecule has 1 aliphatic rings. The van der Waals surface area contributed by atoms with Crippen LogP contribution in [0.4, 0.5) is 5.69 Å². The Morgan fingerprint density at radius 1 is 1.17 bits per heavy atom. The number of carbonyl (C=O) groups excluding carboxylic acids is 2. The average Bonchev–Trinajstić information content (AvgIpc) is 2.66. The SMILES string of the molecule is CCC(C)(C)NC(=O)c1ccc2c(c1)N(Cc1c(Cl)cccc1Cl)C(=O)C(C)(C)O2. The number of fused-ring (bicyclic) bond motifs is 1. The van der Waals surface area contributed by atoms with Gasteiger partial charge < -0.3 is 15.0 Å². The molecule has 7 heteroatoms. The topological polar surface area (TPSA) is 58.6 Å². The van der Waals surface area contributed by atoms with Gasteiger partial charge in [0.15, 0.2) is 5.60 Å². The average molecular weight is 449 g/mol. The Hall–Kier alpha value is -2.24. The van der Waals surface area contributed by atoms with E-state index in [4.69, 9.17) is 27.9 Å². The summed E-state index contributed by atoms with van der Waals surface area (Å²) in [5.41, 5.74) is 0.194. The fraction of sp³-hybridized carbons (Fsp3) is 0.391. The molecule has 5 nitrogen and oxygen atoms in total. The van der Waals surface area contributed by atoms with Crippen molar-refractivity contribution in [2.24, 2.45) is 0 Å². The predicted molar refractivity (Wildman–Crippen MR) is 121 cm³/mol. The third-order valence-corrected chi connectivity index (χ3v) is 6.06. The van der Waals surface area contributed by atoms with E-state index in [1.54, 1.807) is 55.1 Å². The first-order valence-corrected chi connectivity index (χ1v) is 10.6. The monoisotopic (exact) mass is 448 g/mol. The second-order valence-corrected chi connectivity index (χ2v) is 9.39. The fourth-order valence-electron chi connectivity index (χ4n) is 3.18. The van der Waals surface area contributed by atoms with Gasteiger partial charge in [0.2, 0.25) is 0 Å². The molecule has 2 aromatic carbocycles. The number of anilines is 1. The number of nitrogens with zero attached hydrogens (tertiary/aromatic N) is 1. The normalized spacial score (nSPS) is 15.4. The van der Waals surface area contributed by atoms with Crippen LogP contribution in [-0.4, -0.2) is 23.0 Å². The third kappa shape index (κ3) is 4.42. The number of hydrogen-bond donors (Lipinski definition) is 1. The van der Waals surface area contributed by atoms with Crippen molar-refractivity contribution in [1.29, 1.82) is 0 Å². The lowest BCUT2D eigenvalue weighted by atomic mass is 9.99. The molecule has 0 atom stereocenters. The molecule has 30 heavy (non-hydrogen) atoms. The number of benzene rings is 2. The molecular formula is C23H26Cl2N2O3. The summed E-state index contributed by atoms with van der Waals surface area (Å²) in [6.45, 7) is 9.53. The van der Waals surface area contributed by atoms with Crippen LogP contribution < -0.4 is 15.0 Å². The zero-order chi connectivity index (χ0) is 22.3. The molecule has 0 bridgehead atoms. The van der Waals surface area contributed by atoms with Gasteiger partial charge in [-0.25, -0.2) is 0 Å². The summed E-state index contributed by atoms with van der Waals surface area (Å²) in [6, 6.07) is 10.3. The van der Waals surface area contributed by atoms with E-state index in [0.29, 0.717) is 32.6 Å². The number of ether oxygens (including phenoxy) is 1. The Kier molecular flexibility index (Phi) is 6.08. The van der Waals surface area contributed by atoms with Crippen molar-refractivity contribution in [3.63, 3.8) is 0 Å². The number of hydrogen-bond acceptors (Lipinski definition) is 3. The van der Waals surface area contributed by atoms with Crippen LogP contribution in [0.15, 0.2) is 36.4 Å². The standard InChI is InChI=1S/C23H26Cl2N2O3/c1-6-22(2,3)26-20(28)14-10-11-19-18(12-14)27(21(29)23(4,5)30-19)13-15-16(24)8-7-9-17(15)25/h7-12H,6,13H2,1-5H3,(H,26,28).